The number of rotatable bonds is 8. The Hall–Kier alpha value is -3.18. The maximum atomic E-state index is 5.99. The van der Waals surface area contributed by atoms with E-state index in [4.69, 9.17) is 18.9 Å². The van der Waals surface area contributed by atoms with Crippen molar-refractivity contribution in [3.63, 3.8) is 0 Å². The van der Waals surface area contributed by atoms with E-state index in [1.54, 1.807) is 7.11 Å². The highest BCUT2D eigenvalue weighted by Gasteiger charge is 2.20. The van der Waals surface area contributed by atoms with Gasteiger partial charge in [0.25, 0.3) is 0 Å². The summed E-state index contributed by atoms with van der Waals surface area (Å²) in [5, 5.41) is 3.44. The van der Waals surface area contributed by atoms with E-state index in [9.17, 15) is 0 Å². The van der Waals surface area contributed by atoms with E-state index in [1.165, 1.54) is 0 Å². The van der Waals surface area contributed by atoms with Gasteiger partial charge >= 0.3 is 0 Å². The van der Waals surface area contributed by atoms with Gasteiger partial charge in [-0.1, -0.05) is 48.5 Å². The van der Waals surface area contributed by atoms with Crippen molar-refractivity contribution >= 4 is 0 Å². The highest BCUT2D eigenvalue weighted by Crippen LogP contribution is 2.31. The van der Waals surface area contributed by atoms with E-state index < -0.39 is 0 Å². The quantitative estimate of drug-likeness (QED) is 0.624. The van der Waals surface area contributed by atoms with Crippen LogP contribution in [0.3, 0.4) is 0 Å². The van der Waals surface area contributed by atoms with Gasteiger partial charge in [-0.05, 0) is 35.4 Å². The summed E-state index contributed by atoms with van der Waals surface area (Å²) >= 11 is 0. The van der Waals surface area contributed by atoms with Crippen LogP contribution in [0.15, 0.2) is 72.8 Å². The first-order valence-electron chi connectivity index (χ1n) is 9.74. The highest BCUT2D eigenvalue weighted by atomic mass is 16.6. The lowest BCUT2D eigenvalue weighted by Crippen LogP contribution is -2.38. The molecule has 0 aromatic heterocycles. The predicted molar refractivity (Wildman–Crippen MR) is 112 cm³/mol. The lowest BCUT2D eigenvalue weighted by Gasteiger charge is -2.26. The van der Waals surface area contributed by atoms with Crippen LogP contribution in [0.4, 0.5) is 0 Å². The third-order valence-electron chi connectivity index (χ3n) is 4.73. The van der Waals surface area contributed by atoms with Gasteiger partial charge in [-0.3, -0.25) is 0 Å². The van der Waals surface area contributed by atoms with Crippen LogP contribution in [0.5, 0.6) is 23.0 Å². The lowest BCUT2D eigenvalue weighted by molar-refractivity contribution is 0.0902. The average molecular weight is 391 g/mol. The Morgan fingerprint density at radius 3 is 2.52 bits per heavy atom. The van der Waals surface area contributed by atoms with Crippen LogP contribution in [0, 0.1) is 0 Å². The van der Waals surface area contributed by atoms with Crippen molar-refractivity contribution in [3.05, 3.63) is 83.9 Å². The monoisotopic (exact) mass is 391 g/mol. The number of ether oxygens (including phenoxy) is 4. The first kappa shape index (κ1) is 19.2. The van der Waals surface area contributed by atoms with Gasteiger partial charge in [0.15, 0.2) is 23.0 Å². The van der Waals surface area contributed by atoms with Crippen LogP contribution >= 0.6 is 0 Å². The van der Waals surface area contributed by atoms with Gasteiger partial charge in [0.05, 0.1) is 7.11 Å². The van der Waals surface area contributed by atoms with Crippen molar-refractivity contribution in [3.8, 4) is 23.0 Å². The van der Waals surface area contributed by atoms with Crippen LogP contribution < -0.4 is 24.3 Å². The first-order valence-corrected chi connectivity index (χ1v) is 9.74. The summed E-state index contributed by atoms with van der Waals surface area (Å²) in [4.78, 5) is 0. The average Bonchev–Trinajstić information content (AvgIpc) is 2.78. The maximum absolute atomic E-state index is 5.99. The molecule has 1 aliphatic heterocycles. The minimum absolute atomic E-state index is 0.0167. The zero-order chi connectivity index (χ0) is 19.9. The van der Waals surface area contributed by atoms with Crippen molar-refractivity contribution in [1.82, 2.24) is 5.32 Å². The molecule has 3 aromatic rings. The number of hydrogen-bond acceptors (Lipinski definition) is 5. The van der Waals surface area contributed by atoms with Gasteiger partial charge in [0.1, 0.15) is 19.3 Å². The summed E-state index contributed by atoms with van der Waals surface area (Å²) in [7, 11) is 1.65. The third-order valence-corrected chi connectivity index (χ3v) is 4.73. The standard InChI is InChI=1S/C24H25NO4/c1-26-21-12-11-19(13-24(21)27-16-18-7-3-2-4-8-18)14-25-15-20-17-28-22-9-5-6-10-23(22)29-20/h2-13,20,25H,14-17H2,1H3. The van der Waals surface area contributed by atoms with Gasteiger partial charge in [-0.25, -0.2) is 0 Å². The molecule has 1 aliphatic rings. The van der Waals surface area contributed by atoms with E-state index in [-0.39, 0.29) is 6.10 Å². The van der Waals surface area contributed by atoms with E-state index >= 15 is 0 Å². The van der Waals surface area contributed by atoms with Crippen molar-refractivity contribution < 1.29 is 18.9 Å². The van der Waals surface area contributed by atoms with Crippen molar-refractivity contribution in [2.24, 2.45) is 0 Å². The Labute approximate surface area is 171 Å². The molecule has 3 aromatic carbocycles. The van der Waals surface area contributed by atoms with Crippen LogP contribution in [0.2, 0.25) is 0 Å². The molecule has 150 valence electrons. The molecule has 29 heavy (non-hydrogen) atoms. The van der Waals surface area contributed by atoms with Gasteiger partial charge in [0, 0.05) is 13.1 Å². The van der Waals surface area contributed by atoms with Crippen LogP contribution in [0.25, 0.3) is 0 Å². The molecule has 5 heteroatoms. The summed E-state index contributed by atoms with van der Waals surface area (Å²) in [5.74, 6) is 3.07. The molecule has 0 spiro atoms. The molecule has 0 aliphatic carbocycles. The summed E-state index contributed by atoms with van der Waals surface area (Å²) in [6.45, 7) is 2.44. The minimum atomic E-state index is -0.0167. The van der Waals surface area contributed by atoms with Gasteiger partial charge in [-0.15, -0.1) is 0 Å². The summed E-state index contributed by atoms with van der Waals surface area (Å²) in [6, 6.07) is 23.8. The Balaban J connectivity index is 1.32. The largest absolute Gasteiger partial charge is 0.493 e. The predicted octanol–water partition coefficient (Wildman–Crippen LogP) is 4.20. The lowest BCUT2D eigenvalue weighted by atomic mass is 10.2. The molecule has 0 fully saturated rings. The van der Waals surface area contributed by atoms with Gasteiger partial charge in [-0.2, -0.15) is 0 Å². The fourth-order valence-corrected chi connectivity index (χ4v) is 3.22. The van der Waals surface area contributed by atoms with E-state index in [2.05, 4.69) is 5.32 Å². The molecule has 0 radical (unpaired) electrons. The number of benzene rings is 3. The number of fused-ring (bicyclic) bond motifs is 1. The number of methoxy groups -OCH3 is 1. The Bertz CT molecular complexity index is 929. The zero-order valence-corrected chi connectivity index (χ0v) is 16.5. The molecule has 0 bridgehead atoms. The molecule has 5 nitrogen and oxygen atoms in total. The van der Waals surface area contributed by atoms with Gasteiger partial charge < -0.3 is 24.3 Å². The third kappa shape index (κ3) is 5.00. The summed E-state index contributed by atoms with van der Waals surface area (Å²) in [5.41, 5.74) is 2.23. The highest BCUT2D eigenvalue weighted by molar-refractivity contribution is 5.43. The van der Waals surface area contributed by atoms with Gasteiger partial charge in [0.2, 0.25) is 0 Å². The van der Waals surface area contributed by atoms with Crippen LogP contribution in [-0.2, 0) is 13.2 Å². The van der Waals surface area contributed by atoms with E-state index in [1.807, 2.05) is 72.8 Å². The Morgan fingerprint density at radius 2 is 1.69 bits per heavy atom. The molecule has 0 amide bonds. The van der Waals surface area contributed by atoms with Crippen molar-refractivity contribution in [2.75, 3.05) is 20.3 Å². The second kappa shape index (κ2) is 9.34. The first-order chi connectivity index (χ1) is 14.3. The molecule has 4 rings (SSSR count). The fraction of sp³-hybridized carbons (Fsp3) is 0.250. The molecule has 1 N–H and O–H groups in total. The smallest absolute Gasteiger partial charge is 0.161 e. The number of hydrogen-bond donors (Lipinski definition) is 1. The molecular weight excluding hydrogens is 366 g/mol. The fourth-order valence-electron chi connectivity index (χ4n) is 3.22. The Morgan fingerprint density at radius 1 is 0.897 bits per heavy atom. The summed E-state index contributed by atoms with van der Waals surface area (Å²) in [6.07, 6.45) is -0.0167. The maximum Gasteiger partial charge on any atom is 0.161 e. The second-order valence-electron chi connectivity index (χ2n) is 6.89. The van der Waals surface area contributed by atoms with E-state index in [0.717, 1.165) is 34.1 Å². The molecule has 0 saturated heterocycles. The Kier molecular flexibility index (Phi) is 6.17. The molecule has 1 heterocycles. The molecular formula is C24H25NO4. The van der Waals surface area contributed by atoms with Crippen molar-refractivity contribution in [2.45, 2.75) is 19.3 Å². The number of para-hydroxylation sites is 2. The topological polar surface area (TPSA) is 49.0 Å². The molecule has 0 saturated carbocycles. The van der Waals surface area contributed by atoms with Crippen LogP contribution in [0.1, 0.15) is 11.1 Å². The van der Waals surface area contributed by atoms with E-state index in [0.29, 0.717) is 26.3 Å². The summed E-state index contributed by atoms with van der Waals surface area (Å²) < 4.78 is 23.2. The molecule has 1 atom stereocenters. The number of nitrogens with one attached hydrogen (secondary N) is 1. The second-order valence-corrected chi connectivity index (χ2v) is 6.89. The van der Waals surface area contributed by atoms with Crippen LogP contribution in [-0.4, -0.2) is 26.4 Å². The molecule has 1 unspecified atom stereocenters. The zero-order valence-electron chi connectivity index (χ0n) is 16.5. The normalized spacial score (nSPS) is 15.0. The minimum Gasteiger partial charge on any atom is -0.493 e. The SMILES string of the molecule is COc1ccc(CNCC2COc3ccccc3O2)cc1OCc1ccccc1. The van der Waals surface area contributed by atoms with Crippen molar-refractivity contribution in [1.29, 1.82) is 0 Å².